The number of halogens is 1. The minimum absolute atomic E-state index is 0. The molecule has 114 valence electrons. The standard InChI is InChI=1S/C14H22N2O3.ClH/c1-9(2)5-13(15)14(17)16-10-6-11(18-3)8-12(7-10)19-4;/h6-9,13H,5,15H2,1-4H3,(H,16,17);1H/t13-;/m0./s1. The van der Waals surface area contributed by atoms with E-state index in [1.54, 1.807) is 32.4 Å². The fraction of sp³-hybridized carbons (Fsp3) is 0.500. The maximum Gasteiger partial charge on any atom is 0.241 e. The molecule has 0 radical (unpaired) electrons. The minimum Gasteiger partial charge on any atom is -0.497 e. The van der Waals surface area contributed by atoms with Gasteiger partial charge in [0.1, 0.15) is 11.5 Å². The lowest BCUT2D eigenvalue weighted by Gasteiger charge is -2.15. The maximum absolute atomic E-state index is 11.9. The fourth-order valence-corrected chi connectivity index (χ4v) is 1.73. The molecule has 1 aromatic rings. The average Bonchev–Trinajstić information content (AvgIpc) is 2.37. The van der Waals surface area contributed by atoms with Crippen molar-refractivity contribution in [3.63, 3.8) is 0 Å². The summed E-state index contributed by atoms with van der Waals surface area (Å²) in [6.45, 7) is 4.06. The summed E-state index contributed by atoms with van der Waals surface area (Å²) in [5, 5.41) is 2.77. The van der Waals surface area contributed by atoms with E-state index in [4.69, 9.17) is 15.2 Å². The zero-order chi connectivity index (χ0) is 14.4. The van der Waals surface area contributed by atoms with E-state index in [1.165, 1.54) is 0 Å². The number of ether oxygens (including phenoxy) is 2. The highest BCUT2D eigenvalue weighted by atomic mass is 35.5. The lowest BCUT2D eigenvalue weighted by Crippen LogP contribution is -2.36. The van der Waals surface area contributed by atoms with E-state index in [9.17, 15) is 4.79 Å². The van der Waals surface area contributed by atoms with Crippen LogP contribution < -0.4 is 20.5 Å². The zero-order valence-electron chi connectivity index (χ0n) is 12.3. The SMILES string of the molecule is COc1cc(NC(=O)[C@@H](N)CC(C)C)cc(OC)c1.Cl. The normalized spacial score (nSPS) is 11.5. The number of rotatable bonds is 6. The molecule has 0 heterocycles. The highest BCUT2D eigenvalue weighted by Crippen LogP contribution is 2.25. The molecule has 0 aliphatic carbocycles. The Morgan fingerprint density at radius 1 is 1.20 bits per heavy atom. The third kappa shape index (κ3) is 5.67. The van der Waals surface area contributed by atoms with Crippen LogP contribution in [0, 0.1) is 5.92 Å². The molecule has 3 N–H and O–H groups in total. The summed E-state index contributed by atoms with van der Waals surface area (Å²) in [4.78, 5) is 11.9. The number of anilines is 1. The van der Waals surface area contributed by atoms with Crippen LogP contribution in [0.1, 0.15) is 20.3 Å². The van der Waals surface area contributed by atoms with E-state index in [1.807, 2.05) is 13.8 Å². The minimum atomic E-state index is -0.516. The molecule has 0 saturated heterocycles. The molecule has 0 saturated carbocycles. The van der Waals surface area contributed by atoms with Crippen molar-refractivity contribution in [2.24, 2.45) is 11.7 Å². The predicted octanol–water partition coefficient (Wildman–Crippen LogP) is 2.44. The molecule has 1 amide bonds. The Labute approximate surface area is 126 Å². The van der Waals surface area contributed by atoms with Gasteiger partial charge < -0.3 is 20.5 Å². The summed E-state index contributed by atoms with van der Waals surface area (Å²) in [6.07, 6.45) is 0.646. The predicted molar refractivity (Wildman–Crippen MR) is 82.9 cm³/mol. The van der Waals surface area contributed by atoms with E-state index < -0.39 is 6.04 Å². The molecule has 1 rings (SSSR count). The van der Waals surface area contributed by atoms with E-state index in [0.29, 0.717) is 29.5 Å². The van der Waals surface area contributed by atoms with Crippen LogP contribution in [0.4, 0.5) is 5.69 Å². The third-order valence-electron chi connectivity index (χ3n) is 2.68. The molecule has 0 aliphatic rings. The topological polar surface area (TPSA) is 73.6 Å². The van der Waals surface area contributed by atoms with Crippen LogP contribution in [0.25, 0.3) is 0 Å². The Morgan fingerprint density at radius 3 is 2.10 bits per heavy atom. The Kier molecular flexibility index (Phi) is 8.03. The van der Waals surface area contributed by atoms with Gasteiger partial charge in [0.05, 0.1) is 20.3 Å². The number of carbonyl (C=O) groups is 1. The molecule has 6 heteroatoms. The van der Waals surface area contributed by atoms with Gasteiger partial charge in [-0.1, -0.05) is 13.8 Å². The third-order valence-corrected chi connectivity index (χ3v) is 2.68. The van der Waals surface area contributed by atoms with Crippen LogP contribution in [0.15, 0.2) is 18.2 Å². The fourth-order valence-electron chi connectivity index (χ4n) is 1.73. The molecule has 5 nitrogen and oxygen atoms in total. The zero-order valence-corrected chi connectivity index (χ0v) is 13.1. The van der Waals surface area contributed by atoms with Gasteiger partial charge in [-0.25, -0.2) is 0 Å². The Bertz CT molecular complexity index is 416. The van der Waals surface area contributed by atoms with Crippen LogP contribution in [-0.4, -0.2) is 26.2 Å². The quantitative estimate of drug-likeness (QED) is 0.846. The van der Waals surface area contributed by atoms with Crippen LogP contribution in [0.5, 0.6) is 11.5 Å². The van der Waals surface area contributed by atoms with Crippen molar-refractivity contribution in [2.45, 2.75) is 26.3 Å². The Balaban J connectivity index is 0.00000361. The summed E-state index contributed by atoms with van der Waals surface area (Å²) in [5.41, 5.74) is 6.44. The Morgan fingerprint density at radius 2 is 1.70 bits per heavy atom. The monoisotopic (exact) mass is 302 g/mol. The van der Waals surface area contributed by atoms with Gasteiger partial charge in [0.25, 0.3) is 0 Å². The summed E-state index contributed by atoms with van der Waals surface area (Å²) < 4.78 is 10.3. The van der Waals surface area contributed by atoms with Crippen molar-refractivity contribution in [1.82, 2.24) is 0 Å². The molecule has 0 bridgehead atoms. The average molecular weight is 303 g/mol. The highest BCUT2D eigenvalue weighted by Gasteiger charge is 2.15. The molecule has 0 unspecified atom stereocenters. The molecule has 1 atom stereocenters. The summed E-state index contributed by atoms with van der Waals surface area (Å²) in [5.74, 6) is 1.41. The lowest BCUT2D eigenvalue weighted by molar-refractivity contribution is -0.117. The van der Waals surface area contributed by atoms with Gasteiger partial charge in [0.2, 0.25) is 5.91 Å². The van der Waals surface area contributed by atoms with Gasteiger partial charge in [0, 0.05) is 23.9 Å². The van der Waals surface area contributed by atoms with Gasteiger partial charge in [0.15, 0.2) is 0 Å². The molecular formula is C14H23ClN2O3. The second-order valence-electron chi connectivity index (χ2n) is 4.83. The first kappa shape index (κ1) is 18.5. The van der Waals surface area contributed by atoms with E-state index in [2.05, 4.69) is 5.32 Å². The smallest absolute Gasteiger partial charge is 0.241 e. The van der Waals surface area contributed by atoms with Crippen molar-refractivity contribution < 1.29 is 14.3 Å². The largest absolute Gasteiger partial charge is 0.497 e. The first-order valence-corrected chi connectivity index (χ1v) is 6.25. The number of benzene rings is 1. The molecule has 20 heavy (non-hydrogen) atoms. The summed E-state index contributed by atoms with van der Waals surface area (Å²) in [7, 11) is 3.12. The van der Waals surface area contributed by atoms with Gasteiger partial charge in [-0.3, -0.25) is 4.79 Å². The first-order valence-electron chi connectivity index (χ1n) is 6.25. The Hall–Kier alpha value is -1.46. The van der Waals surface area contributed by atoms with Crippen molar-refractivity contribution in [2.75, 3.05) is 19.5 Å². The van der Waals surface area contributed by atoms with Gasteiger partial charge in [-0.15, -0.1) is 12.4 Å². The van der Waals surface area contributed by atoms with Gasteiger partial charge in [-0.2, -0.15) is 0 Å². The first-order chi connectivity index (χ1) is 8.96. The number of hydrogen-bond donors (Lipinski definition) is 2. The molecule has 0 aromatic heterocycles. The number of methoxy groups -OCH3 is 2. The van der Waals surface area contributed by atoms with Crippen molar-refractivity contribution in [3.05, 3.63) is 18.2 Å². The number of hydrogen-bond acceptors (Lipinski definition) is 4. The number of amides is 1. The maximum atomic E-state index is 11.9. The second-order valence-corrected chi connectivity index (χ2v) is 4.83. The highest BCUT2D eigenvalue weighted by molar-refractivity contribution is 5.95. The van der Waals surface area contributed by atoms with Crippen LogP contribution in [0.2, 0.25) is 0 Å². The molecule has 0 fully saturated rings. The van der Waals surface area contributed by atoms with Gasteiger partial charge >= 0.3 is 0 Å². The van der Waals surface area contributed by atoms with Crippen molar-refractivity contribution in [1.29, 1.82) is 0 Å². The van der Waals surface area contributed by atoms with Crippen LogP contribution >= 0.6 is 12.4 Å². The number of carbonyl (C=O) groups excluding carboxylic acids is 1. The lowest BCUT2D eigenvalue weighted by atomic mass is 10.0. The van der Waals surface area contributed by atoms with E-state index in [0.717, 1.165) is 0 Å². The van der Waals surface area contributed by atoms with Gasteiger partial charge in [-0.05, 0) is 12.3 Å². The van der Waals surface area contributed by atoms with E-state index >= 15 is 0 Å². The van der Waals surface area contributed by atoms with Crippen molar-refractivity contribution >= 4 is 24.0 Å². The molecule has 1 aromatic carbocycles. The van der Waals surface area contributed by atoms with Crippen molar-refractivity contribution in [3.8, 4) is 11.5 Å². The number of nitrogens with one attached hydrogen (secondary N) is 1. The van der Waals surface area contributed by atoms with Crippen LogP contribution in [0.3, 0.4) is 0 Å². The molecule has 0 aliphatic heterocycles. The van der Waals surface area contributed by atoms with Crippen LogP contribution in [-0.2, 0) is 4.79 Å². The molecule has 0 spiro atoms. The summed E-state index contributed by atoms with van der Waals surface area (Å²) >= 11 is 0. The number of nitrogens with two attached hydrogens (primary N) is 1. The second kappa shape index (κ2) is 8.66. The van der Waals surface area contributed by atoms with E-state index in [-0.39, 0.29) is 18.3 Å². The summed E-state index contributed by atoms with van der Waals surface area (Å²) in [6, 6.07) is 4.67. The molecular weight excluding hydrogens is 280 g/mol.